The van der Waals surface area contributed by atoms with Crippen molar-refractivity contribution in [1.82, 2.24) is 9.97 Å². The molecule has 48 valence electrons. The zero-order chi connectivity index (χ0) is 6.69. The fraction of sp³-hybridized carbons (Fsp3) is 0.167. The third kappa shape index (κ3) is 1.61. The van der Waals surface area contributed by atoms with Crippen LogP contribution in [0.2, 0.25) is 0 Å². The van der Waals surface area contributed by atoms with Gasteiger partial charge in [-0.2, -0.15) is 0 Å². The molecule has 1 aromatic heterocycles. The minimum atomic E-state index is 0.905. The Morgan fingerprint density at radius 2 is 2.67 bits per heavy atom. The predicted octanol–water partition coefficient (Wildman–Crippen LogP) is 1.95. The number of nitrogens with one attached hydrogen (secondary N) is 1. The van der Waals surface area contributed by atoms with Crippen LogP contribution in [-0.4, -0.2) is 9.97 Å². The maximum atomic E-state index is 4.04. The molecule has 0 unspecified atom stereocenters. The van der Waals surface area contributed by atoms with Gasteiger partial charge in [-0.3, -0.25) is 0 Å². The highest BCUT2D eigenvalue weighted by atomic mass is 32.2. The Morgan fingerprint density at radius 1 is 1.89 bits per heavy atom. The molecule has 1 heterocycles. The maximum Gasteiger partial charge on any atom is 0.169 e. The van der Waals surface area contributed by atoms with E-state index >= 15 is 0 Å². The summed E-state index contributed by atoms with van der Waals surface area (Å²) in [5.74, 6) is 0. The van der Waals surface area contributed by atoms with Crippen molar-refractivity contribution in [3.05, 3.63) is 23.9 Å². The molecule has 0 aromatic carbocycles. The standard InChI is InChI=1S/C6H8N2S/c1-3-9-6-7-4-5(2)8-6/h3-4H,1H2,2H3,(H,7,8). The molecule has 0 atom stereocenters. The molecule has 3 heteroatoms. The van der Waals surface area contributed by atoms with E-state index in [-0.39, 0.29) is 0 Å². The number of imidazole rings is 1. The molecule has 0 saturated carbocycles. The Morgan fingerprint density at radius 3 is 3.11 bits per heavy atom. The molecule has 0 radical (unpaired) electrons. The topological polar surface area (TPSA) is 28.7 Å². The second-order valence-corrected chi connectivity index (χ2v) is 2.61. The van der Waals surface area contributed by atoms with Gasteiger partial charge in [0.2, 0.25) is 0 Å². The van der Waals surface area contributed by atoms with E-state index in [0.29, 0.717) is 0 Å². The molecule has 0 amide bonds. The van der Waals surface area contributed by atoms with Crippen LogP contribution in [-0.2, 0) is 0 Å². The van der Waals surface area contributed by atoms with Gasteiger partial charge in [0.15, 0.2) is 5.16 Å². The van der Waals surface area contributed by atoms with E-state index < -0.39 is 0 Å². The summed E-state index contributed by atoms with van der Waals surface area (Å²) in [5.41, 5.74) is 1.08. The largest absolute Gasteiger partial charge is 0.337 e. The molecular weight excluding hydrogens is 132 g/mol. The number of aryl methyl sites for hydroxylation is 1. The van der Waals surface area contributed by atoms with Gasteiger partial charge in [-0.25, -0.2) is 4.98 Å². The molecule has 0 aliphatic heterocycles. The van der Waals surface area contributed by atoms with Crippen LogP contribution < -0.4 is 0 Å². The molecule has 0 bridgehead atoms. The van der Waals surface area contributed by atoms with E-state index in [1.54, 1.807) is 11.6 Å². The number of aromatic nitrogens is 2. The normalized spacial score (nSPS) is 9.44. The van der Waals surface area contributed by atoms with Gasteiger partial charge in [0.1, 0.15) is 0 Å². The Kier molecular flexibility index (Phi) is 1.95. The SMILES string of the molecule is C=CSc1ncc(C)[nH]1. The molecular formula is C6H8N2S. The van der Waals surface area contributed by atoms with Gasteiger partial charge < -0.3 is 4.98 Å². The van der Waals surface area contributed by atoms with Gasteiger partial charge in [-0.15, -0.1) is 0 Å². The van der Waals surface area contributed by atoms with Gasteiger partial charge in [0.25, 0.3) is 0 Å². The van der Waals surface area contributed by atoms with E-state index in [1.807, 2.05) is 6.92 Å². The number of hydrogen-bond donors (Lipinski definition) is 1. The molecule has 9 heavy (non-hydrogen) atoms. The fourth-order valence-electron chi connectivity index (χ4n) is 0.527. The van der Waals surface area contributed by atoms with Crippen molar-refractivity contribution in [2.45, 2.75) is 12.1 Å². The summed E-state index contributed by atoms with van der Waals surface area (Å²) < 4.78 is 0. The Bertz CT molecular complexity index is 205. The lowest BCUT2D eigenvalue weighted by molar-refractivity contribution is 1.05. The van der Waals surface area contributed by atoms with Gasteiger partial charge in [-0.1, -0.05) is 18.3 Å². The molecule has 2 nitrogen and oxygen atoms in total. The van der Waals surface area contributed by atoms with Crippen LogP contribution in [0.3, 0.4) is 0 Å². The number of thioether (sulfide) groups is 1. The van der Waals surface area contributed by atoms with Crippen LogP contribution in [0.15, 0.2) is 23.3 Å². The zero-order valence-electron chi connectivity index (χ0n) is 5.22. The first kappa shape index (κ1) is 6.42. The number of rotatable bonds is 2. The first-order chi connectivity index (χ1) is 4.33. The molecule has 1 rings (SSSR count). The van der Waals surface area contributed by atoms with Gasteiger partial charge >= 0.3 is 0 Å². The van der Waals surface area contributed by atoms with Gasteiger partial charge in [0, 0.05) is 11.9 Å². The first-order valence-electron chi connectivity index (χ1n) is 2.62. The van der Waals surface area contributed by atoms with E-state index in [9.17, 15) is 0 Å². The van der Waals surface area contributed by atoms with Gasteiger partial charge in [0.05, 0.1) is 0 Å². The quantitative estimate of drug-likeness (QED) is 0.636. The summed E-state index contributed by atoms with van der Waals surface area (Å²) >= 11 is 1.49. The Hall–Kier alpha value is -0.700. The molecule has 1 N–H and O–H groups in total. The monoisotopic (exact) mass is 140 g/mol. The lowest BCUT2D eigenvalue weighted by Gasteiger charge is -1.83. The second-order valence-electron chi connectivity index (χ2n) is 1.66. The maximum absolute atomic E-state index is 4.04. The lowest BCUT2D eigenvalue weighted by Crippen LogP contribution is -1.69. The fourth-order valence-corrected chi connectivity index (χ4v) is 1.02. The summed E-state index contributed by atoms with van der Waals surface area (Å²) in [6.45, 7) is 5.54. The third-order valence-electron chi connectivity index (χ3n) is 0.875. The predicted molar refractivity (Wildman–Crippen MR) is 39.4 cm³/mol. The third-order valence-corrected chi connectivity index (χ3v) is 1.47. The van der Waals surface area contributed by atoms with Crippen molar-refractivity contribution in [2.75, 3.05) is 0 Å². The van der Waals surface area contributed by atoms with Crippen molar-refractivity contribution in [1.29, 1.82) is 0 Å². The highest BCUT2D eigenvalue weighted by Crippen LogP contribution is 2.12. The summed E-state index contributed by atoms with van der Waals surface area (Å²) in [6.07, 6.45) is 1.80. The average Bonchev–Trinajstić information content (AvgIpc) is 2.17. The molecule has 0 fully saturated rings. The van der Waals surface area contributed by atoms with E-state index in [0.717, 1.165) is 10.9 Å². The van der Waals surface area contributed by atoms with Crippen molar-refractivity contribution >= 4 is 11.8 Å². The Labute approximate surface area is 58.4 Å². The number of nitrogens with zero attached hydrogens (tertiary/aromatic N) is 1. The minimum Gasteiger partial charge on any atom is -0.337 e. The van der Waals surface area contributed by atoms with Crippen molar-refractivity contribution in [3.8, 4) is 0 Å². The molecule has 1 aromatic rings. The van der Waals surface area contributed by atoms with Gasteiger partial charge in [-0.05, 0) is 12.3 Å². The van der Waals surface area contributed by atoms with Crippen molar-refractivity contribution in [2.24, 2.45) is 0 Å². The second kappa shape index (κ2) is 2.73. The Balaban J connectivity index is 2.72. The van der Waals surface area contributed by atoms with Crippen LogP contribution in [0.1, 0.15) is 5.69 Å². The molecule has 0 aliphatic carbocycles. The summed E-state index contributed by atoms with van der Waals surface area (Å²) in [6, 6.07) is 0. The van der Waals surface area contributed by atoms with Crippen LogP contribution in [0.4, 0.5) is 0 Å². The lowest BCUT2D eigenvalue weighted by atomic mass is 10.6. The molecule has 0 spiro atoms. The van der Waals surface area contributed by atoms with Crippen molar-refractivity contribution in [3.63, 3.8) is 0 Å². The number of aromatic amines is 1. The van der Waals surface area contributed by atoms with Crippen LogP contribution >= 0.6 is 11.8 Å². The average molecular weight is 140 g/mol. The van der Waals surface area contributed by atoms with E-state index in [1.165, 1.54) is 11.8 Å². The number of H-pyrrole nitrogens is 1. The first-order valence-corrected chi connectivity index (χ1v) is 3.50. The molecule has 0 aliphatic rings. The van der Waals surface area contributed by atoms with E-state index in [4.69, 9.17) is 0 Å². The summed E-state index contributed by atoms with van der Waals surface area (Å²) in [7, 11) is 0. The van der Waals surface area contributed by atoms with E-state index in [2.05, 4.69) is 16.5 Å². The summed E-state index contributed by atoms with van der Waals surface area (Å²) in [4.78, 5) is 7.10. The smallest absolute Gasteiger partial charge is 0.169 e. The number of hydrogen-bond acceptors (Lipinski definition) is 2. The van der Waals surface area contributed by atoms with Crippen LogP contribution in [0.5, 0.6) is 0 Å². The highest BCUT2D eigenvalue weighted by Gasteiger charge is 1.91. The van der Waals surface area contributed by atoms with Crippen LogP contribution in [0, 0.1) is 6.92 Å². The summed E-state index contributed by atoms with van der Waals surface area (Å²) in [5, 5.41) is 2.65. The molecule has 0 saturated heterocycles. The highest BCUT2D eigenvalue weighted by molar-refractivity contribution is 8.01. The van der Waals surface area contributed by atoms with Crippen LogP contribution in [0.25, 0.3) is 0 Å². The zero-order valence-corrected chi connectivity index (χ0v) is 6.03. The minimum absolute atomic E-state index is 0.905. The van der Waals surface area contributed by atoms with Crippen molar-refractivity contribution < 1.29 is 0 Å².